The van der Waals surface area contributed by atoms with Gasteiger partial charge in [0.05, 0.1) is 34.4 Å². The Morgan fingerprint density at radius 1 is 0.484 bits per heavy atom. The van der Waals surface area contributed by atoms with Gasteiger partial charge in [-0.3, -0.25) is 9.59 Å². The SMILES string of the molecule is CC/C=C/C=C/C=C/C=C/C=C/C=C/C=C/CCCCCC(=O)OCC(COCCC(C(=O)O)[N+](C)(C)C)OC(=O)CCCCCCCCCCCCC/C=C/C/C=C/C/C=C/CC. The molecule has 2 unspecified atom stereocenters. The Balaban J connectivity index is 4.39. The molecular weight excluding hydrogens is 799 g/mol. The van der Waals surface area contributed by atoms with Crippen LogP contribution in [0.3, 0.4) is 0 Å². The molecule has 0 aliphatic carbocycles. The number of likely N-dealkylation sites (N-methyl/N-ethyl adjacent to an activating group) is 1. The lowest BCUT2D eigenvalue weighted by atomic mass is 10.0. The molecule has 8 nitrogen and oxygen atoms in total. The average Bonchev–Trinajstić information content (AvgIpc) is 3.26. The summed E-state index contributed by atoms with van der Waals surface area (Å²) in [5.41, 5.74) is 0. The van der Waals surface area contributed by atoms with Crippen molar-refractivity contribution in [3.63, 3.8) is 0 Å². The summed E-state index contributed by atoms with van der Waals surface area (Å²) in [6.07, 6.45) is 63.8. The minimum absolute atomic E-state index is 0.0366. The number of carbonyl (C=O) groups excluding carboxylic acids is 2. The van der Waals surface area contributed by atoms with Crippen LogP contribution in [0, 0.1) is 0 Å². The zero-order valence-electron chi connectivity index (χ0n) is 40.9. The molecule has 0 aromatic rings. The van der Waals surface area contributed by atoms with E-state index in [2.05, 4.69) is 62.5 Å². The lowest BCUT2D eigenvalue weighted by molar-refractivity contribution is -0.887. The number of hydrogen-bond donors (Lipinski definition) is 1. The Morgan fingerprint density at radius 2 is 0.906 bits per heavy atom. The van der Waals surface area contributed by atoms with Crippen molar-refractivity contribution >= 4 is 17.9 Å². The maximum atomic E-state index is 12.8. The first kappa shape index (κ1) is 59.7. The van der Waals surface area contributed by atoms with Crippen LogP contribution in [0.15, 0.2) is 122 Å². The molecule has 0 heterocycles. The Kier molecular flexibility index (Phi) is 42.3. The summed E-state index contributed by atoms with van der Waals surface area (Å²) < 4.78 is 17.3. The molecule has 0 saturated carbocycles. The molecule has 0 rings (SSSR count). The number of carbonyl (C=O) groups is 3. The average molecular weight is 889 g/mol. The number of quaternary nitrogens is 1. The predicted octanol–water partition coefficient (Wildman–Crippen LogP) is 14.2. The van der Waals surface area contributed by atoms with E-state index >= 15 is 0 Å². The van der Waals surface area contributed by atoms with Crippen LogP contribution in [0.5, 0.6) is 0 Å². The van der Waals surface area contributed by atoms with Gasteiger partial charge in [-0.2, -0.15) is 0 Å². The highest BCUT2D eigenvalue weighted by molar-refractivity contribution is 5.72. The molecule has 8 heteroatoms. The quantitative estimate of drug-likeness (QED) is 0.0214. The van der Waals surface area contributed by atoms with Gasteiger partial charge in [-0.05, 0) is 64.2 Å². The second-order valence-corrected chi connectivity index (χ2v) is 17.1. The maximum Gasteiger partial charge on any atom is 0.362 e. The number of carboxylic acids is 1. The molecule has 64 heavy (non-hydrogen) atoms. The topological polar surface area (TPSA) is 99.1 Å². The van der Waals surface area contributed by atoms with Crippen LogP contribution in [0.4, 0.5) is 0 Å². The molecule has 0 aromatic heterocycles. The van der Waals surface area contributed by atoms with Gasteiger partial charge in [-0.15, -0.1) is 0 Å². The molecule has 0 aromatic carbocycles. The molecule has 0 aliphatic rings. The largest absolute Gasteiger partial charge is 0.477 e. The van der Waals surface area contributed by atoms with Crippen LogP contribution >= 0.6 is 0 Å². The number of hydrogen-bond acceptors (Lipinski definition) is 6. The fourth-order valence-electron chi connectivity index (χ4n) is 6.56. The van der Waals surface area contributed by atoms with Gasteiger partial charge in [0, 0.05) is 19.3 Å². The van der Waals surface area contributed by atoms with Crippen molar-refractivity contribution < 1.29 is 38.2 Å². The van der Waals surface area contributed by atoms with Crippen LogP contribution in [0.2, 0.25) is 0 Å². The van der Waals surface area contributed by atoms with Crippen LogP contribution in [0.1, 0.15) is 162 Å². The number of aliphatic carboxylic acids is 1. The monoisotopic (exact) mass is 889 g/mol. The van der Waals surface area contributed by atoms with Gasteiger partial charge < -0.3 is 23.8 Å². The smallest absolute Gasteiger partial charge is 0.362 e. The lowest BCUT2D eigenvalue weighted by Gasteiger charge is -2.31. The van der Waals surface area contributed by atoms with E-state index in [1.165, 1.54) is 57.8 Å². The van der Waals surface area contributed by atoms with E-state index in [9.17, 15) is 19.5 Å². The number of carboxylic acid groups (broad SMARTS) is 1. The highest BCUT2D eigenvalue weighted by Crippen LogP contribution is 2.14. The van der Waals surface area contributed by atoms with E-state index in [-0.39, 0.29) is 36.2 Å². The zero-order valence-corrected chi connectivity index (χ0v) is 40.9. The third-order valence-electron chi connectivity index (χ3n) is 10.3. The van der Waals surface area contributed by atoms with E-state index < -0.39 is 18.1 Å². The van der Waals surface area contributed by atoms with Crippen molar-refractivity contribution in [1.82, 2.24) is 0 Å². The van der Waals surface area contributed by atoms with Crippen LogP contribution < -0.4 is 0 Å². The van der Waals surface area contributed by atoms with Gasteiger partial charge in [-0.25, -0.2) is 4.79 Å². The van der Waals surface area contributed by atoms with E-state index in [4.69, 9.17) is 14.2 Å². The molecule has 0 aliphatic heterocycles. The Hall–Kier alpha value is -4.27. The molecule has 0 amide bonds. The number of nitrogens with zero attached hydrogens (tertiary/aromatic N) is 1. The van der Waals surface area contributed by atoms with Gasteiger partial charge in [0.15, 0.2) is 12.1 Å². The summed E-state index contributed by atoms with van der Waals surface area (Å²) in [6.45, 7) is 4.41. The number of esters is 2. The van der Waals surface area contributed by atoms with Crippen molar-refractivity contribution in [2.75, 3.05) is 41.0 Å². The molecule has 1 N–H and O–H groups in total. The van der Waals surface area contributed by atoms with Gasteiger partial charge in [-0.1, -0.05) is 200 Å². The first-order valence-corrected chi connectivity index (χ1v) is 24.7. The first-order valence-electron chi connectivity index (χ1n) is 24.7. The number of rotatable bonds is 42. The standard InChI is InChI=1S/C56H89NO7/c1-6-8-10-12-14-16-18-20-22-24-26-27-29-31-33-35-37-39-41-43-45-47-55(59)64-52(50-62-49-48-53(56(60)61)57(3,4)5)51-63-54(58)46-44-42-40-38-36-34-32-30-28-25-23-21-19-17-15-13-11-9-7-2/h8-11,13-17,19-23,25,28,30,32,34,36,52-53H,6-7,12,18,24,26-27,29,31,33,35,37-51H2,1-5H3/p+1/b10-8+,11-9+,15-13+,16-14+,19-17+,22-20+,23-21+,28-25+,32-30+,36-34+. The fraction of sp³-hybridized carbons (Fsp3) is 0.589. The van der Waals surface area contributed by atoms with Crippen molar-refractivity contribution in [2.45, 2.75) is 174 Å². The summed E-state index contributed by atoms with van der Waals surface area (Å²) in [6, 6.07) is -0.631. The molecule has 360 valence electrons. The first-order chi connectivity index (χ1) is 31.1. The number of unbranched alkanes of at least 4 members (excludes halogenated alkanes) is 14. The second-order valence-electron chi connectivity index (χ2n) is 17.1. The molecule has 0 saturated heterocycles. The van der Waals surface area contributed by atoms with Gasteiger partial charge in [0.2, 0.25) is 0 Å². The Morgan fingerprint density at radius 3 is 1.42 bits per heavy atom. The number of allylic oxidation sites excluding steroid dienone is 20. The third-order valence-corrected chi connectivity index (χ3v) is 10.3. The predicted molar refractivity (Wildman–Crippen MR) is 270 cm³/mol. The minimum atomic E-state index is -0.887. The maximum absolute atomic E-state index is 12.8. The van der Waals surface area contributed by atoms with Gasteiger partial charge in [0.25, 0.3) is 0 Å². The van der Waals surface area contributed by atoms with Gasteiger partial charge >= 0.3 is 17.9 Å². The highest BCUT2D eigenvalue weighted by atomic mass is 16.6. The Labute approximate surface area is 391 Å². The van der Waals surface area contributed by atoms with Crippen molar-refractivity contribution in [3.05, 3.63) is 122 Å². The van der Waals surface area contributed by atoms with Crippen LogP contribution in [0.25, 0.3) is 0 Å². The summed E-state index contributed by atoms with van der Waals surface area (Å²) in [4.78, 5) is 37.1. The number of ether oxygens (including phenoxy) is 3. The summed E-state index contributed by atoms with van der Waals surface area (Å²) in [5.74, 6) is -1.54. The molecule has 0 spiro atoms. The summed E-state index contributed by atoms with van der Waals surface area (Å²) in [7, 11) is 5.50. The van der Waals surface area contributed by atoms with Crippen LogP contribution in [-0.4, -0.2) is 80.6 Å². The van der Waals surface area contributed by atoms with E-state index in [0.717, 1.165) is 64.2 Å². The molecule has 2 atom stereocenters. The molecular formula is C56H90NO7+. The van der Waals surface area contributed by atoms with E-state index in [1.807, 2.05) is 94.1 Å². The minimum Gasteiger partial charge on any atom is -0.477 e. The third kappa shape index (κ3) is 43.0. The molecule has 0 radical (unpaired) electrons. The normalized spacial score (nSPS) is 14.0. The second kappa shape index (κ2) is 45.3. The van der Waals surface area contributed by atoms with Crippen molar-refractivity contribution in [3.8, 4) is 0 Å². The molecule has 0 fully saturated rings. The van der Waals surface area contributed by atoms with Crippen molar-refractivity contribution in [2.24, 2.45) is 0 Å². The zero-order chi connectivity index (χ0) is 47.0. The van der Waals surface area contributed by atoms with E-state index in [0.29, 0.717) is 25.7 Å². The highest BCUT2D eigenvalue weighted by Gasteiger charge is 2.31. The van der Waals surface area contributed by atoms with Crippen molar-refractivity contribution in [1.29, 1.82) is 0 Å². The Bertz CT molecular complexity index is 1450. The van der Waals surface area contributed by atoms with Gasteiger partial charge in [0.1, 0.15) is 6.61 Å². The summed E-state index contributed by atoms with van der Waals surface area (Å²) in [5, 5.41) is 9.65. The van der Waals surface area contributed by atoms with E-state index in [1.54, 1.807) is 0 Å². The molecule has 0 bridgehead atoms. The lowest BCUT2D eigenvalue weighted by Crippen LogP contribution is -2.50. The van der Waals surface area contributed by atoms with Crippen LogP contribution in [-0.2, 0) is 28.6 Å². The summed E-state index contributed by atoms with van der Waals surface area (Å²) >= 11 is 0. The fourth-order valence-corrected chi connectivity index (χ4v) is 6.56.